The highest BCUT2D eigenvalue weighted by molar-refractivity contribution is 5.96. The Hall–Kier alpha value is -1.09. The number of rotatable bonds is 16. The van der Waals surface area contributed by atoms with Gasteiger partial charge in [0.15, 0.2) is 0 Å². The zero-order valence-electron chi connectivity index (χ0n) is 20.7. The molecule has 1 aromatic carbocycles. The summed E-state index contributed by atoms with van der Waals surface area (Å²) in [5.74, 6) is 0.915. The molecule has 1 rings (SSSR count). The highest BCUT2D eigenvalue weighted by Gasteiger charge is 2.23. The summed E-state index contributed by atoms with van der Waals surface area (Å²) in [4.78, 5) is 12.8. The summed E-state index contributed by atoms with van der Waals surface area (Å²) in [6.45, 7) is 10.5. The second kappa shape index (κ2) is 19.2. The van der Waals surface area contributed by atoms with Crippen LogP contribution in [0.3, 0.4) is 0 Å². The second-order valence-corrected chi connectivity index (χ2v) is 8.79. The second-order valence-electron chi connectivity index (χ2n) is 8.79. The van der Waals surface area contributed by atoms with Crippen molar-refractivity contribution in [2.75, 3.05) is 33.4 Å². The standard InChI is InChI=1S/C24H43N3O4.2ClH/c1-17(2)19(14-21(25)22(28)16-26-18(3)4)15-27-24(29)20-10-6-7-11-23(20)31-13-9-8-12-30-5;;/h6-7,10-11,17-19,21-22,26,28H,8-9,12-16,25H2,1-5H3,(H,27,29);2*1H. The van der Waals surface area contributed by atoms with Crippen LogP contribution in [0.1, 0.15) is 57.3 Å². The Bertz CT molecular complexity index is 635. The van der Waals surface area contributed by atoms with Crippen LogP contribution in [0.25, 0.3) is 0 Å². The molecule has 3 atom stereocenters. The summed E-state index contributed by atoms with van der Waals surface area (Å²) < 4.78 is 10.9. The number of unbranched alkanes of at least 4 members (excludes halogenated alkanes) is 1. The zero-order chi connectivity index (χ0) is 23.2. The van der Waals surface area contributed by atoms with E-state index in [9.17, 15) is 9.90 Å². The van der Waals surface area contributed by atoms with Crippen molar-refractivity contribution in [1.29, 1.82) is 0 Å². The summed E-state index contributed by atoms with van der Waals surface area (Å²) in [5.41, 5.74) is 6.77. The fraction of sp³-hybridized carbons (Fsp3) is 0.708. The number of nitrogens with one attached hydrogen (secondary N) is 2. The van der Waals surface area contributed by atoms with Crippen LogP contribution in [0.15, 0.2) is 24.3 Å². The number of amides is 1. The molecule has 0 fully saturated rings. The Balaban J connectivity index is 0. The summed E-state index contributed by atoms with van der Waals surface area (Å²) >= 11 is 0. The first-order chi connectivity index (χ1) is 14.8. The first-order valence-electron chi connectivity index (χ1n) is 11.4. The van der Waals surface area contributed by atoms with Crippen LogP contribution >= 0.6 is 24.8 Å². The van der Waals surface area contributed by atoms with Crippen LogP contribution in [0.5, 0.6) is 5.75 Å². The molecule has 7 nitrogen and oxygen atoms in total. The number of hydrogen-bond donors (Lipinski definition) is 4. The molecule has 194 valence electrons. The summed E-state index contributed by atoms with van der Waals surface area (Å²) in [5, 5.41) is 16.6. The van der Waals surface area contributed by atoms with Crippen molar-refractivity contribution < 1.29 is 19.4 Å². The summed E-state index contributed by atoms with van der Waals surface area (Å²) in [7, 11) is 1.68. The quantitative estimate of drug-likeness (QED) is 0.254. The van der Waals surface area contributed by atoms with E-state index in [4.69, 9.17) is 15.2 Å². The molecule has 5 N–H and O–H groups in total. The van der Waals surface area contributed by atoms with Crippen molar-refractivity contribution in [3.63, 3.8) is 0 Å². The first kappa shape index (κ1) is 34.1. The van der Waals surface area contributed by atoms with Gasteiger partial charge in [-0.25, -0.2) is 0 Å². The lowest BCUT2D eigenvalue weighted by Crippen LogP contribution is -2.46. The van der Waals surface area contributed by atoms with Gasteiger partial charge in [-0.3, -0.25) is 4.79 Å². The number of methoxy groups -OCH3 is 1. The minimum absolute atomic E-state index is 0. The predicted octanol–water partition coefficient (Wildman–Crippen LogP) is 3.41. The van der Waals surface area contributed by atoms with E-state index in [-0.39, 0.29) is 42.7 Å². The van der Waals surface area contributed by atoms with Crippen LogP contribution in [0.4, 0.5) is 0 Å². The van der Waals surface area contributed by atoms with Gasteiger partial charge >= 0.3 is 0 Å². The molecule has 0 aromatic heterocycles. The van der Waals surface area contributed by atoms with Crippen molar-refractivity contribution in [3.8, 4) is 5.75 Å². The maximum atomic E-state index is 12.8. The van der Waals surface area contributed by atoms with Gasteiger partial charge in [-0.05, 0) is 43.2 Å². The monoisotopic (exact) mass is 509 g/mol. The van der Waals surface area contributed by atoms with Crippen LogP contribution in [-0.2, 0) is 4.74 Å². The lowest BCUT2D eigenvalue weighted by Gasteiger charge is -2.28. The Morgan fingerprint density at radius 1 is 1.06 bits per heavy atom. The number of halogens is 2. The first-order valence-corrected chi connectivity index (χ1v) is 11.4. The summed E-state index contributed by atoms with van der Waals surface area (Å²) in [6.07, 6.45) is 1.80. The van der Waals surface area contributed by atoms with Crippen molar-refractivity contribution in [2.45, 2.75) is 65.1 Å². The molecule has 0 aliphatic rings. The molecule has 0 aliphatic carbocycles. The van der Waals surface area contributed by atoms with Crippen molar-refractivity contribution in [3.05, 3.63) is 29.8 Å². The molecule has 0 heterocycles. The van der Waals surface area contributed by atoms with Crippen LogP contribution in [0, 0.1) is 11.8 Å². The third-order valence-corrected chi connectivity index (χ3v) is 5.40. The minimum atomic E-state index is -0.619. The minimum Gasteiger partial charge on any atom is -0.493 e. The fourth-order valence-electron chi connectivity index (χ4n) is 3.24. The summed E-state index contributed by atoms with van der Waals surface area (Å²) in [6, 6.07) is 7.24. The topological polar surface area (TPSA) is 106 Å². The number of hydrogen-bond acceptors (Lipinski definition) is 6. The van der Waals surface area contributed by atoms with Gasteiger partial charge in [-0.15, -0.1) is 24.8 Å². The number of benzene rings is 1. The van der Waals surface area contributed by atoms with Gasteiger partial charge in [0.2, 0.25) is 0 Å². The van der Waals surface area contributed by atoms with Gasteiger partial charge in [0, 0.05) is 38.9 Å². The number of aliphatic hydroxyl groups excluding tert-OH is 1. The lowest BCUT2D eigenvalue weighted by molar-refractivity contribution is 0.0926. The van der Waals surface area contributed by atoms with E-state index >= 15 is 0 Å². The molecule has 0 radical (unpaired) electrons. The van der Waals surface area contributed by atoms with Gasteiger partial charge in [-0.2, -0.15) is 0 Å². The molecule has 3 unspecified atom stereocenters. The van der Waals surface area contributed by atoms with E-state index in [0.717, 1.165) is 12.8 Å². The van der Waals surface area contributed by atoms with E-state index in [2.05, 4.69) is 24.5 Å². The molecular formula is C24H45Cl2N3O4. The molecule has 0 saturated heterocycles. The van der Waals surface area contributed by atoms with E-state index in [1.54, 1.807) is 13.2 Å². The van der Waals surface area contributed by atoms with Crippen LogP contribution < -0.4 is 21.1 Å². The average molecular weight is 511 g/mol. The molecule has 0 aliphatic heterocycles. The SMILES string of the molecule is COCCCCOc1ccccc1C(=O)NCC(CC(N)C(O)CNC(C)C)C(C)C.Cl.Cl. The normalized spacial score (nSPS) is 13.6. The molecule has 0 spiro atoms. The number of carbonyl (C=O) groups is 1. The third kappa shape index (κ3) is 14.0. The van der Waals surface area contributed by atoms with Crippen molar-refractivity contribution in [2.24, 2.45) is 17.6 Å². The van der Waals surface area contributed by atoms with Gasteiger partial charge < -0.3 is 30.9 Å². The Labute approximate surface area is 212 Å². The molecule has 0 saturated carbocycles. The van der Waals surface area contributed by atoms with E-state index in [1.165, 1.54) is 0 Å². The molecule has 9 heteroatoms. The number of aliphatic hydroxyl groups is 1. The Kier molecular flexibility index (Phi) is 19.9. The van der Waals surface area contributed by atoms with Gasteiger partial charge in [0.05, 0.1) is 18.3 Å². The van der Waals surface area contributed by atoms with Crippen LogP contribution in [-0.4, -0.2) is 62.6 Å². The average Bonchev–Trinajstić information content (AvgIpc) is 2.74. The smallest absolute Gasteiger partial charge is 0.255 e. The van der Waals surface area contributed by atoms with E-state index in [0.29, 0.717) is 56.0 Å². The predicted molar refractivity (Wildman–Crippen MR) is 140 cm³/mol. The maximum absolute atomic E-state index is 12.8. The molecule has 33 heavy (non-hydrogen) atoms. The zero-order valence-corrected chi connectivity index (χ0v) is 22.3. The van der Waals surface area contributed by atoms with E-state index < -0.39 is 6.10 Å². The molecular weight excluding hydrogens is 465 g/mol. The van der Waals surface area contributed by atoms with Crippen LogP contribution in [0.2, 0.25) is 0 Å². The molecule has 1 amide bonds. The fourth-order valence-corrected chi connectivity index (χ4v) is 3.24. The van der Waals surface area contributed by atoms with Gasteiger partial charge in [0.25, 0.3) is 5.91 Å². The highest BCUT2D eigenvalue weighted by atomic mass is 35.5. The number of carbonyl (C=O) groups excluding carboxylic acids is 1. The molecule has 1 aromatic rings. The lowest BCUT2D eigenvalue weighted by atomic mass is 9.87. The Morgan fingerprint density at radius 3 is 2.30 bits per heavy atom. The number of para-hydroxylation sites is 1. The highest BCUT2D eigenvalue weighted by Crippen LogP contribution is 2.20. The van der Waals surface area contributed by atoms with Gasteiger partial charge in [-0.1, -0.05) is 39.8 Å². The largest absolute Gasteiger partial charge is 0.493 e. The van der Waals surface area contributed by atoms with Crippen molar-refractivity contribution in [1.82, 2.24) is 10.6 Å². The molecule has 0 bridgehead atoms. The number of ether oxygens (including phenoxy) is 2. The third-order valence-electron chi connectivity index (χ3n) is 5.40. The van der Waals surface area contributed by atoms with E-state index in [1.807, 2.05) is 32.0 Å². The number of nitrogens with two attached hydrogens (primary N) is 1. The van der Waals surface area contributed by atoms with Crippen molar-refractivity contribution >= 4 is 30.7 Å². The van der Waals surface area contributed by atoms with Gasteiger partial charge in [0.1, 0.15) is 5.75 Å². The maximum Gasteiger partial charge on any atom is 0.255 e. The Morgan fingerprint density at radius 2 is 1.70 bits per heavy atom.